The van der Waals surface area contributed by atoms with Crippen LogP contribution in [0.5, 0.6) is 0 Å². The third-order valence-corrected chi connectivity index (χ3v) is 9.29. The first-order valence-electron chi connectivity index (χ1n) is 16.7. The van der Waals surface area contributed by atoms with Crippen molar-refractivity contribution in [3.05, 3.63) is 105 Å². The van der Waals surface area contributed by atoms with E-state index in [-0.39, 0.29) is 24.4 Å². The number of hydrogen-bond donors (Lipinski definition) is 2. The third kappa shape index (κ3) is 8.15. The summed E-state index contributed by atoms with van der Waals surface area (Å²) in [6, 6.07) is 16.9. The lowest BCUT2D eigenvalue weighted by Crippen LogP contribution is -2.23. The number of aromatic nitrogens is 3. The molecule has 2 N–H and O–H groups in total. The molecule has 260 valence electrons. The standard InChI is InChI=1S/C39H37ClN6O5/c1-24-28(7-5-8-32(24)45-38(48)34-12-9-25(21-43-34)6-3-4-17-47)29-13-15-42-33(30(29)20-41)11-10-26-18-31(40)37-35(19-26)44-36(51-37)23-46-16-14-27(22-46)39(49)50-2/h5,7-13,15,18-19,21,27,47H,3-4,6,14,16-17,22-23H2,1-2H3,(H,45,48)/b11-10+. The van der Waals surface area contributed by atoms with Gasteiger partial charge in [0.1, 0.15) is 17.3 Å². The molecule has 1 aliphatic heterocycles. The number of aliphatic hydroxyl groups excluding tert-OH is 1. The van der Waals surface area contributed by atoms with Gasteiger partial charge < -0.3 is 19.6 Å². The average Bonchev–Trinajstić information content (AvgIpc) is 3.79. The molecular weight excluding hydrogens is 668 g/mol. The summed E-state index contributed by atoms with van der Waals surface area (Å²) in [6.07, 6.45) is 10.0. The van der Waals surface area contributed by atoms with Crippen molar-refractivity contribution in [2.45, 2.75) is 39.2 Å². The molecular formula is C39H37ClN6O5. The molecule has 1 atom stereocenters. The number of rotatable bonds is 12. The fourth-order valence-corrected chi connectivity index (χ4v) is 6.53. The van der Waals surface area contributed by atoms with Gasteiger partial charge in [-0.25, -0.2) is 4.98 Å². The Balaban J connectivity index is 1.19. The fraction of sp³-hybridized carbons (Fsp3) is 0.282. The molecule has 2 aromatic carbocycles. The number of anilines is 1. The number of carbonyl (C=O) groups excluding carboxylic acids is 2. The number of nitriles is 1. The first-order valence-corrected chi connectivity index (χ1v) is 17.1. The van der Waals surface area contributed by atoms with Crippen LogP contribution in [0, 0.1) is 24.2 Å². The highest BCUT2D eigenvalue weighted by Gasteiger charge is 2.30. The fourth-order valence-electron chi connectivity index (χ4n) is 6.27. The number of aliphatic hydroxyl groups is 1. The van der Waals surface area contributed by atoms with E-state index in [9.17, 15) is 14.9 Å². The van der Waals surface area contributed by atoms with Crippen LogP contribution >= 0.6 is 11.6 Å². The van der Waals surface area contributed by atoms with Gasteiger partial charge in [0, 0.05) is 36.8 Å². The van der Waals surface area contributed by atoms with E-state index in [1.807, 2.05) is 43.3 Å². The topological polar surface area (TPSA) is 154 Å². The van der Waals surface area contributed by atoms with Gasteiger partial charge in [-0.05, 0) is 97.8 Å². The number of aryl methyl sites for hydroxylation is 1. The lowest BCUT2D eigenvalue weighted by atomic mass is 9.94. The van der Waals surface area contributed by atoms with Crippen molar-refractivity contribution in [3.63, 3.8) is 0 Å². The number of benzene rings is 2. The molecule has 0 aliphatic carbocycles. The maximum atomic E-state index is 13.1. The number of esters is 1. The van der Waals surface area contributed by atoms with E-state index in [1.54, 1.807) is 36.7 Å². The van der Waals surface area contributed by atoms with Gasteiger partial charge in [0.15, 0.2) is 5.58 Å². The van der Waals surface area contributed by atoms with Crippen molar-refractivity contribution in [1.82, 2.24) is 19.9 Å². The highest BCUT2D eigenvalue weighted by atomic mass is 35.5. The van der Waals surface area contributed by atoms with Crippen molar-refractivity contribution in [3.8, 4) is 17.2 Å². The van der Waals surface area contributed by atoms with E-state index >= 15 is 0 Å². The Labute approximate surface area is 300 Å². The SMILES string of the molecule is COC(=O)C1CCN(Cc2nc3cc(/C=C/c4nccc(-c5cccc(NC(=O)c6ccc(CCCCO)cn6)c5C)c4C#N)cc(Cl)c3o2)C1. The van der Waals surface area contributed by atoms with Crippen molar-refractivity contribution >= 4 is 52.4 Å². The van der Waals surface area contributed by atoms with Crippen LogP contribution < -0.4 is 5.32 Å². The van der Waals surface area contributed by atoms with Crippen LogP contribution in [-0.4, -0.2) is 63.6 Å². The number of nitrogens with one attached hydrogen (secondary N) is 1. The van der Waals surface area contributed by atoms with E-state index < -0.39 is 0 Å². The zero-order chi connectivity index (χ0) is 35.9. The van der Waals surface area contributed by atoms with Crippen LogP contribution in [0.1, 0.15) is 63.6 Å². The monoisotopic (exact) mass is 704 g/mol. The molecule has 1 unspecified atom stereocenters. The number of methoxy groups -OCH3 is 1. The summed E-state index contributed by atoms with van der Waals surface area (Å²) in [6.45, 7) is 3.82. The van der Waals surface area contributed by atoms with E-state index in [0.29, 0.717) is 63.3 Å². The van der Waals surface area contributed by atoms with E-state index in [4.69, 9.17) is 25.9 Å². The second-order valence-corrected chi connectivity index (χ2v) is 12.8. The molecule has 1 fully saturated rings. The second kappa shape index (κ2) is 16.1. The first kappa shape index (κ1) is 35.4. The molecule has 3 aromatic heterocycles. The summed E-state index contributed by atoms with van der Waals surface area (Å²) < 4.78 is 10.9. The second-order valence-electron chi connectivity index (χ2n) is 12.4. The van der Waals surface area contributed by atoms with Gasteiger partial charge in [0.25, 0.3) is 5.91 Å². The van der Waals surface area contributed by atoms with E-state index in [2.05, 4.69) is 31.2 Å². The Bertz CT molecular complexity index is 2140. The minimum absolute atomic E-state index is 0.153. The molecule has 12 heteroatoms. The lowest BCUT2D eigenvalue weighted by Gasteiger charge is -2.14. The Kier molecular flexibility index (Phi) is 11.2. The number of fused-ring (bicyclic) bond motifs is 1. The molecule has 6 rings (SSSR count). The molecule has 1 amide bonds. The van der Waals surface area contributed by atoms with Gasteiger partial charge in [-0.3, -0.25) is 24.5 Å². The van der Waals surface area contributed by atoms with E-state index in [1.165, 1.54) is 7.11 Å². The third-order valence-electron chi connectivity index (χ3n) is 9.01. The van der Waals surface area contributed by atoms with Crippen molar-refractivity contribution in [2.75, 3.05) is 32.1 Å². The number of ether oxygens (including phenoxy) is 1. The summed E-state index contributed by atoms with van der Waals surface area (Å²) in [5, 5.41) is 22.7. The van der Waals surface area contributed by atoms with Crippen LogP contribution in [0.25, 0.3) is 34.4 Å². The minimum atomic E-state index is -0.339. The van der Waals surface area contributed by atoms with E-state index in [0.717, 1.165) is 54.5 Å². The van der Waals surface area contributed by atoms with Crippen LogP contribution in [-0.2, 0) is 22.5 Å². The molecule has 11 nitrogen and oxygen atoms in total. The number of unbranched alkanes of at least 4 members (excludes halogenated alkanes) is 1. The number of amides is 1. The molecule has 1 aliphatic rings. The zero-order valence-electron chi connectivity index (χ0n) is 28.4. The maximum Gasteiger partial charge on any atom is 0.310 e. The molecule has 5 aromatic rings. The summed E-state index contributed by atoms with van der Waals surface area (Å²) in [5.41, 5.74) is 6.83. The number of halogens is 1. The molecule has 0 saturated carbocycles. The molecule has 0 radical (unpaired) electrons. The van der Waals surface area contributed by atoms with Gasteiger partial charge in [-0.2, -0.15) is 5.26 Å². The molecule has 51 heavy (non-hydrogen) atoms. The predicted octanol–water partition coefficient (Wildman–Crippen LogP) is 6.85. The normalized spacial score (nSPS) is 14.6. The Morgan fingerprint density at radius 1 is 1.16 bits per heavy atom. The van der Waals surface area contributed by atoms with Crippen LogP contribution in [0.4, 0.5) is 5.69 Å². The number of likely N-dealkylation sites (tertiary alicyclic amines) is 1. The highest BCUT2D eigenvalue weighted by Crippen LogP contribution is 2.33. The largest absolute Gasteiger partial charge is 0.469 e. The quantitative estimate of drug-likeness (QED) is 0.104. The molecule has 0 bridgehead atoms. The van der Waals surface area contributed by atoms with Crippen LogP contribution in [0.15, 0.2) is 65.3 Å². The minimum Gasteiger partial charge on any atom is -0.469 e. The van der Waals surface area contributed by atoms with Gasteiger partial charge in [0.05, 0.1) is 35.9 Å². The Morgan fingerprint density at radius 3 is 2.78 bits per heavy atom. The van der Waals surface area contributed by atoms with Gasteiger partial charge in [0.2, 0.25) is 5.89 Å². The van der Waals surface area contributed by atoms with Gasteiger partial charge in [-0.1, -0.05) is 35.9 Å². The average molecular weight is 705 g/mol. The number of carbonyl (C=O) groups is 2. The lowest BCUT2D eigenvalue weighted by molar-refractivity contribution is -0.144. The summed E-state index contributed by atoms with van der Waals surface area (Å²) in [5.74, 6) is -0.190. The molecule has 0 spiro atoms. The summed E-state index contributed by atoms with van der Waals surface area (Å²) in [4.78, 5) is 40.6. The number of nitrogens with zero attached hydrogens (tertiary/aromatic N) is 5. The van der Waals surface area contributed by atoms with Gasteiger partial charge in [-0.15, -0.1) is 0 Å². The first-order chi connectivity index (χ1) is 24.8. The molecule has 1 saturated heterocycles. The smallest absolute Gasteiger partial charge is 0.310 e. The number of hydrogen-bond acceptors (Lipinski definition) is 10. The zero-order valence-corrected chi connectivity index (χ0v) is 29.1. The highest BCUT2D eigenvalue weighted by molar-refractivity contribution is 6.34. The maximum absolute atomic E-state index is 13.1. The Morgan fingerprint density at radius 2 is 2.02 bits per heavy atom. The van der Waals surface area contributed by atoms with Crippen LogP contribution in [0.2, 0.25) is 5.02 Å². The summed E-state index contributed by atoms with van der Waals surface area (Å²) >= 11 is 6.61. The van der Waals surface area contributed by atoms with Crippen molar-refractivity contribution < 1.29 is 23.8 Å². The van der Waals surface area contributed by atoms with Gasteiger partial charge >= 0.3 is 5.97 Å². The molecule has 4 heterocycles. The Hall–Kier alpha value is -5.41. The number of oxazole rings is 1. The van der Waals surface area contributed by atoms with Crippen molar-refractivity contribution in [1.29, 1.82) is 5.26 Å². The van der Waals surface area contributed by atoms with Crippen LogP contribution in [0.3, 0.4) is 0 Å². The number of pyridine rings is 2. The summed E-state index contributed by atoms with van der Waals surface area (Å²) in [7, 11) is 1.40. The predicted molar refractivity (Wildman–Crippen MR) is 195 cm³/mol. The van der Waals surface area contributed by atoms with Crippen molar-refractivity contribution in [2.24, 2.45) is 5.92 Å².